The van der Waals surface area contributed by atoms with Gasteiger partial charge in [0.2, 0.25) is 5.91 Å². The molecule has 0 aromatic carbocycles. The van der Waals surface area contributed by atoms with Gasteiger partial charge < -0.3 is 25.7 Å². The summed E-state index contributed by atoms with van der Waals surface area (Å²) in [7, 11) is 0. The minimum Gasteiger partial charge on any atom is -0.394 e. The van der Waals surface area contributed by atoms with Crippen molar-refractivity contribution in [1.82, 2.24) is 5.32 Å². The molecule has 0 aliphatic carbocycles. The van der Waals surface area contributed by atoms with Crippen molar-refractivity contribution in [3.05, 3.63) is 12.2 Å². The number of amides is 1. The fourth-order valence-electron chi connectivity index (χ4n) is 10.1. The lowest BCUT2D eigenvalue weighted by atomic mass is 10.00. The van der Waals surface area contributed by atoms with Gasteiger partial charge in [0, 0.05) is 0 Å². The SMILES string of the molecule is CCCCCCCCCCCCCCCCCCCCCC/C=C/CCCC(O)C(O)C(CO)NC(=O)C(O)CCCCCCCCCCCCCCCCCCCCCCCCCCCCC. The van der Waals surface area contributed by atoms with Gasteiger partial charge in [0.05, 0.1) is 18.8 Å². The van der Waals surface area contributed by atoms with Gasteiger partial charge in [0.1, 0.15) is 12.2 Å². The molecule has 406 valence electrons. The Hall–Kier alpha value is -0.950. The second kappa shape index (κ2) is 57.0. The van der Waals surface area contributed by atoms with Crippen molar-refractivity contribution in [3.8, 4) is 0 Å². The van der Waals surface area contributed by atoms with Crippen molar-refractivity contribution in [2.24, 2.45) is 0 Å². The Morgan fingerprint density at radius 3 is 0.882 bits per heavy atom. The molecule has 6 nitrogen and oxygen atoms in total. The van der Waals surface area contributed by atoms with Crippen LogP contribution < -0.4 is 5.32 Å². The first-order valence-electron chi connectivity index (χ1n) is 31.1. The molecular formula is C62H123NO5. The van der Waals surface area contributed by atoms with Crippen molar-refractivity contribution in [2.75, 3.05) is 6.61 Å². The van der Waals surface area contributed by atoms with Gasteiger partial charge in [0.25, 0.3) is 0 Å². The number of rotatable bonds is 58. The second-order valence-corrected chi connectivity index (χ2v) is 21.8. The Morgan fingerprint density at radius 1 is 0.353 bits per heavy atom. The number of hydrogen-bond acceptors (Lipinski definition) is 5. The summed E-state index contributed by atoms with van der Waals surface area (Å²) in [6.45, 7) is 4.10. The van der Waals surface area contributed by atoms with Crippen LogP contribution in [0.3, 0.4) is 0 Å². The van der Waals surface area contributed by atoms with E-state index in [2.05, 4.69) is 31.3 Å². The van der Waals surface area contributed by atoms with Gasteiger partial charge in [-0.25, -0.2) is 0 Å². The quantitative estimate of drug-likeness (QED) is 0.0308. The lowest BCUT2D eigenvalue weighted by Crippen LogP contribution is -2.53. The third-order valence-electron chi connectivity index (χ3n) is 15.0. The van der Waals surface area contributed by atoms with Crippen LogP contribution in [0.4, 0.5) is 0 Å². The number of hydrogen-bond donors (Lipinski definition) is 5. The normalized spacial score (nSPS) is 13.7. The summed E-state index contributed by atoms with van der Waals surface area (Å²) in [5.74, 6) is -0.585. The molecule has 0 saturated carbocycles. The molecule has 4 unspecified atom stereocenters. The minimum atomic E-state index is -1.28. The molecule has 1 amide bonds. The van der Waals surface area contributed by atoms with E-state index in [1.807, 2.05) is 0 Å². The summed E-state index contributed by atoms with van der Waals surface area (Å²) >= 11 is 0. The second-order valence-electron chi connectivity index (χ2n) is 21.8. The minimum absolute atomic E-state index is 0.369. The van der Waals surface area contributed by atoms with E-state index >= 15 is 0 Å². The van der Waals surface area contributed by atoms with Gasteiger partial charge in [-0.15, -0.1) is 0 Å². The zero-order chi connectivity index (χ0) is 49.5. The number of aliphatic hydroxyl groups is 4. The summed E-state index contributed by atoms with van der Waals surface area (Å²) in [6, 6.07) is -0.999. The molecule has 68 heavy (non-hydrogen) atoms. The molecule has 0 heterocycles. The van der Waals surface area contributed by atoms with E-state index in [0.717, 1.165) is 38.5 Å². The van der Waals surface area contributed by atoms with Crippen LogP contribution >= 0.6 is 0 Å². The first-order valence-corrected chi connectivity index (χ1v) is 31.1. The van der Waals surface area contributed by atoms with E-state index in [1.165, 1.54) is 283 Å². The molecule has 0 rings (SSSR count). The number of carbonyl (C=O) groups excluding carboxylic acids is 1. The zero-order valence-corrected chi connectivity index (χ0v) is 46.1. The highest BCUT2D eigenvalue weighted by Gasteiger charge is 2.28. The predicted octanol–water partition coefficient (Wildman–Crippen LogP) is 18.4. The van der Waals surface area contributed by atoms with E-state index in [4.69, 9.17) is 0 Å². The van der Waals surface area contributed by atoms with E-state index in [-0.39, 0.29) is 0 Å². The van der Waals surface area contributed by atoms with Crippen molar-refractivity contribution in [3.63, 3.8) is 0 Å². The molecule has 0 radical (unpaired) electrons. The predicted molar refractivity (Wildman–Crippen MR) is 298 cm³/mol. The summed E-state index contributed by atoms with van der Waals surface area (Å²) in [4.78, 5) is 12.6. The van der Waals surface area contributed by atoms with E-state index < -0.39 is 36.9 Å². The topological polar surface area (TPSA) is 110 Å². The lowest BCUT2D eigenvalue weighted by Gasteiger charge is -2.27. The Labute approximate surface area is 425 Å². The van der Waals surface area contributed by atoms with Crippen LogP contribution in [0.2, 0.25) is 0 Å². The van der Waals surface area contributed by atoms with E-state index in [9.17, 15) is 25.2 Å². The number of carbonyl (C=O) groups is 1. The van der Waals surface area contributed by atoms with Crippen LogP contribution in [0.25, 0.3) is 0 Å². The Morgan fingerprint density at radius 2 is 0.603 bits per heavy atom. The summed E-state index contributed by atoms with van der Waals surface area (Å²) in [5.41, 5.74) is 0. The number of allylic oxidation sites excluding steroid dienone is 2. The Bertz CT molecular complexity index is 990. The maximum Gasteiger partial charge on any atom is 0.249 e. The largest absolute Gasteiger partial charge is 0.394 e. The monoisotopic (exact) mass is 962 g/mol. The van der Waals surface area contributed by atoms with E-state index in [0.29, 0.717) is 12.8 Å². The van der Waals surface area contributed by atoms with Crippen LogP contribution in [-0.2, 0) is 4.79 Å². The van der Waals surface area contributed by atoms with Crippen LogP contribution in [-0.4, -0.2) is 57.3 Å². The fourth-order valence-corrected chi connectivity index (χ4v) is 10.1. The number of unbranched alkanes of at least 4 members (excludes halogenated alkanes) is 47. The summed E-state index contributed by atoms with van der Waals surface area (Å²) in [6.07, 6.45) is 68.8. The standard InChI is InChI=1S/C62H123NO5/c1-3-5-7-9-11-13-15-17-19-21-23-25-27-29-30-32-34-36-38-40-42-44-46-48-50-52-54-56-60(66)62(68)63-58(57-64)61(67)59(65)55-53-51-49-47-45-43-41-39-37-35-33-31-28-26-24-22-20-18-16-14-12-10-8-6-4-2/h47,49,58-61,64-67H,3-46,48,50-57H2,1-2H3,(H,63,68)/b49-47+. The van der Waals surface area contributed by atoms with Gasteiger partial charge in [-0.1, -0.05) is 321 Å². The molecule has 6 heteroatoms. The van der Waals surface area contributed by atoms with Gasteiger partial charge in [-0.05, 0) is 38.5 Å². The van der Waals surface area contributed by atoms with Crippen LogP contribution in [0.15, 0.2) is 12.2 Å². The van der Waals surface area contributed by atoms with Crippen LogP contribution in [0, 0.1) is 0 Å². The van der Waals surface area contributed by atoms with Crippen molar-refractivity contribution < 1.29 is 25.2 Å². The zero-order valence-electron chi connectivity index (χ0n) is 46.1. The molecular weight excluding hydrogens is 839 g/mol. The number of aliphatic hydroxyl groups excluding tert-OH is 4. The lowest BCUT2D eigenvalue weighted by molar-refractivity contribution is -0.132. The molecule has 0 bridgehead atoms. The summed E-state index contributed by atoms with van der Waals surface area (Å²) in [5, 5.41) is 44.1. The van der Waals surface area contributed by atoms with E-state index in [1.54, 1.807) is 0 Å². The summed E-state index contributed by atoms with van der Waals surface area (Å²) < 4.78 is 0. The van der Waals surface area contributed by atoms with Crippen molar-refractivity contribution >= 4 is 5.91 Å². The number of nitrogens with one attached hydrogen (secondary N) is 1. The average molecular weight is 963 g/mol. The van der Waals surface area contributed by atoms with Gasteiger partial charge in [0.15, 0.2) is 0 Å². The smallest absolute Gasteiger partial charge is 0.249 e. The Balaban J connectivity index is 3.59. The molecule has 0 aromatic rings. The molecule has 0 aliphatic heterocycles. The fraction of sp³-hybridized carbons (Fsp3) is 0.952. The molecule has 0 aliphatic rings. The first-order chi connectivity index (χ1) is 33.5. The molecule has 0 saturated heterocycles. The highest BCUT2D eigenvalue weighted by atomic mass is 16.3. The average Bonchev–Trinajstić information content (AvgIpc) is 3.34. The van der Waals surface area contributed by atoms with Crippen molar-refractivity contribution in [2.45, 2.75) is 372 Å². The van der Waals surface area contributed by atoms with Gasteiger partial charge >= 0.3 is 0 Å². The molecule has 0 aromatic heterocycles. The molecule has 5 N–H and O–H groups in total. The van der Waals surface area contributed by atoms with Crippen LogP contribution in [0.1, 0.15) is 348 Å². The highest BCUT2D eigenvalue weighted by molar-refractivity contribution is 5.80. The third kappa shape index (κ3) is 50.0. The van der Waals surface area contributed by atoms with Gasteiger partial charge in [-0.2, -0.15) is 0 Å². The van der Waals surface area contributed by atoms with Gasteiger partial charge in [-0.3, -0.25) is 4.79 Å². The van der Waals surface area contributed by atoms with Crippen molar-refractivity contribution in [1.29, 1.82) is 0 Å². The maximum absolute atomic E-state index is 12.6. The highest BCUT2D eigenvalue weighted by Crippen LogP contribution is 2.19. The Kier molecular flexibility index (Phi) is 56.2. The molecule has 0 fully saturated rings. The molecule has 0 spiro atoms. The molecule has 4 atom stereocenters. The maximum atomic E-state index is 12.6. The first kappa shape index (κ1) is 67.0. The van der Waals surface area contributed by atoms with Crippen LogP contribution in [0.5, 0.6) is 0 Å². The third-order valence-corrected chi connectivity index (χ3v) is 15.0.